The third-order valence-electron chi connectivity index (χ3n) is 6.75. The summed E-state index contributed by atoms with van der Waals surface area (Å²) in [7, 11) is 0. The highest BCUT2D eigenvalue weighted by Crippen LogP contribution is 2.32. The second kappa shape index (κ2) is 12.5. The van der Waals surface area contributed by atoms with Gasteiger partial charge in [-0.05, 0) is 72.4 Å². The van der Waals surface area contributed by atoms with E-state index in [1.807, 2.05) is 0 Å². The second-order valence-electron chi connectivity index (χ2n) is 9.23. The minimum Gasteiger partial charge on any atom is -0.371 e. The predicted molar refractivity (Wildman–Crippen MR) is 134 cm³/mol. The Kier molecular flexibility index (Phi) is 9.15. The molecule has 1 unspecified atom stereocenters. The smallest absolute Gasteiger partial charge is 0.144 e. The fourth-order valence-corrected chi connectivity index (χ4v) is 4.75. The number of hydrogen-bond acceptors (Lipinski definition) is 4. The first-order valence-electron chi connectivity index (χ1n) is 12.5. The number of nitrogens with zero attached hydrogens (tertiary/aromatic N) is 1. The fraction of sp³-hybridized carbons (Fsp3) is 0.379. The molecule has 36 heavy (non-hydrogen) atoms. The van der Waals surface area contributed by atoms with Crippen molar-refractivity contribution < 1.29 is 23.0 Å². The van der Waals surface area contributed by atoms with Gasteiger partial charge in [0.05, 0.1) is 0 Å². The number of benzene rings is 3. The van der Waals surface area contributed by atoms with E-state index in [1.54, 1.807) is 36.4 Å². The van der Waals surface area contributed by atoms with Gasteiger partial charge in [-0.25, -0.2) is 13.2 Å². The Labute approximate surface area is 210 Å². The average molecular weight is 499 g/mol. The molecule has 0 amide bonds. The van der Waals surface area contributed by atoms with Crippen molar-refractivity contribution in [3.63, 3.8) is 0 Å². The molecule has 0 spiro atoms. The van der Waals surface area contributed by atoms with E-state index in [0.717, 1.165) is 43.5 Å². The van der Waals surface area contributed by atoms with Gasteiger partial charge < -0.3 is 15.2 Å². The number of hydrogen-bond donors (Lipinski definition) is 2. The van der Waals surface area contributed by atoms with Gasteiger partial charge in [-0.3, -0.25) is 4.90 Å². The maximum Gasteiger partial charge on any atom is 0.144 e. The summed E-state index contributed by atoms with van der Waals surface area (Å²) in [5.74, 6) is -0.972. The molecule has 0 bridgehead atoms. The van der Waals surface area contributed by atoms with E-state index in [0.29, 0.717) is 31.7 Å². The summed E-state index contributed by atoms with van der Waals surface area (Å²) < 4.78 is 46.5. The molecule has 0 radical (unpaired) electrons. The molecule has 1 fully saturated rings. The largest absolute Gasteiger partial charge is 0.371 e. The standard InChI is InChI=1S/C29H33F3N2O2/c30-25-10-4-22(5-11-25)28(23-6-12-26(31)13-7-23)36-21-3-1-2-16-29(35,34-19-17-33-18-20-34)24-8-14-27(32)15-9-24/h4-15,28,33,35H,1-3,16-21H2. The molecule has 4 rings (SSSR count). The maximum absolute atomic E-state index is 13.5. The summed E-state index contributed by atoms with van der Waals surface area (Å²) in [6.07, 6.45) is 2.45. The number of rotatable bonds is 11. The van der Waals surface area contributed by atoms with E-state index < -0.39 is 11.8 Å². The molecule has 0 saturated carbocycles. The zero-order chi connectivity index (χ0) is 25.4. The van der Waals surface area contributed by atoms with Crippen LogP contribution < -0.4 is 5.32 Å². The van der Waals surface area contributed by atoms with Crippen LogP contribution in [0.5, 0.6) is 0 Å². The molecular formula is C29H33F3N2O2. The molecule has 1 saturated heterocycles. The lowest BCUT2D eigenvalue weighted by Gasteiger charge is -2.42. The Morgan fingerprint density at radius 1 is 0.750 bits per heavy atom. The molecule has 3 aromatic carbocycles. The molecule has 1 aliphatic rings. The van der Waals surface area contributed by atoms with E-state index >= 15 is 0 Å². The van der Waals surface area contributed by atoms with Crippen LogP contribution in [0.3, 0.4) is 0 Å². The molecule has 4 nitrogen and oxygen atoms in total. The summed E-state index contributed by atoms with van der Waals surface area (Å²) in [5.41, 5.74) is 1.15. The summed E-state index contributed by atoms with van der Waals surface area (Å²) in [6.45, 7) is 3.49. The van der Waals surface area contributed by atoms with Gasteiger partial charge in [-0.2, -0.15) is 0 Å². The summed E-state index contributed by atoms with van der Waals surface area (Å²) >= 11 is 0. The van der Waals surface area contributed by atoms with Crippen LogP contribution in [0, 0.1) is 17.5 Å². The van der Waals surface area contributed by atoms with Crippen molar-refractivity contribution in [2.45, 2.75) is 37.5 Å². The van der Waals surface area contributed by atoms with Crippen LogP contribution in [0.25, 0.3) is 0 Å². The normalized spacial score (nSPS) is 16.2. The minimum atomic E-state index is -1.15. The van der Waals surface area contributed by atoms with Crippen molar-refractivity contribution in [3.05, 3.63) is 107 Å². The lowest BCUT2D eigenvalue weighted by atomic mass is 9.93. The van der Waals surface area contributed by atoms with Gasteiger partial charge in [0.25, 0.3) is 0 Å². The van der Waals surface area contributed by atoms with Crippen LogP contribution >= 0.6 is 0 Å². The van der Waals surface area contributed by atoms with Gasteiger partial charge in [0.2, 0.25) is 0 Å². The second-order valence-corrected chi connectivity index (χ2v) is 9.23. The number of piperazine rings is 1. The first-order valence-corrected chi connectivity index (χ1v) is 12.5. The number of nitrogens with one attached hydrogen (secondary N) is 1. The Hall–Kier alpha value is -2.71. The van der Waals surface area contributed by atoms with Crippen molar-refractivity contribution in [2.75, 3.05) is 32.8 Å². The number of halogens is 3. The Morgan fingerprint density at radius 2 is 1.25 bits per heavy atom. The molecule has 1 aliphatic heterocycles. The van der Waals surface area contributed by atoms with E-state index in [2.05, 4.69) is 10.2 Å². The highest BCUT2D eigenvalue weighted by atomic mass is 19.1. The van der Waals surface area contributed by atoms with Crippen LogP contribution in [0.2, 0.25) is 0 Å². The lowest BCUT2D eigenvalue weighted by Crippen LogP contribution is -2.54. The Bertz CT molecular complexity index is 1030. The Morgan fingerprint density at radius 3 is 1.78 bits per heavy atom. The van der Waals surface area contributed by atoms with Gasteiger partial charge >= 0.3 is 0 Å². The highest BCUT2D eigenvalue weighted by molar-refractivity contribution is 5.30. The maximum atomic E-state index is 13.5. The number of unbranched alkanes of at least 4 members (excludes halogenated alkanes) is 2. The molecule has 192 valence electrons. The van der Waals surface area contributed by atoms with Gasteiger partial charge in [0.15, 0.2) is 0 Å². The third kappa shape index (κ3) is 6.73. The number of ether oxygens (including phenoxy) is 1. The predicted octanol–water partition coefficient (Wildman–Crippen LogP) is 5.52. The Balaban J connectivity index is 1.35. The van der Waals surface area contributed by atoms with Crippen LogP contribution in [0.1, 0.15) is 48.5 Å². The highest BCUT2D eigenvalue weighted by Gasteiger charge is 2.36. The molecule has 0 aliphatic carbocycles. The van der Waals surface area contributed by atoms with Crippen molar-refractivity contribution in [1.29, 1.82) is 0 Å². The van der Waals surface area contributed by atoms with Gasteiger partial charge in [-0.1, -0.05) is 42.8 Å². The van der Waals surface area contributed by atoms with Crippen molar-refractivity contribution in [2.24, 2.45) is 0 Å². The van der Waals surface area contributed by atoms with Crippen LogP contribution in [0.15, 0.2) is 72.8 Å². The molecular weight excluding hydrogens is 465 g/mol. The minimum absolute atomic E-state index is 0.324. The SMILES string of the molecule is OC(CCCCCOC(c1ccc(F)cc1)c1ccc(F)cc1)(c1ccc(F)cc1)N1CCNCC1. The average Bonchev–Trinajstić information content (AvgIpc) is 2.90. The van der Waals surface area contributed by atoms with E-state index in [-0.39, 0.29) is 17.5 Å². The van der Waals surface area contributed by atoms with Crippen LogP contribution in [-0.4, -0.2) is 42.8 Å². The first-order chi connectivity index (χ1) is 17.5. The quantitative estimate of drug-likeness (QED) is 0.342. The number of aliphatic hydroxyl groups is 1. The molecule has 1 atom stereocenters. The van der Waals surface area contributed by atoms with Gasteiger partial charge in [0.1, 0.15) is 29.3 Å². The van der Waals surface area contributed by atoms with Crippen molar-refractivity contribution in [1.82, 2.24) is 10.2 Å². The monoisotopic (exact) mass is 498 g/mol. The van der Waals surface area contributed by atoms with Crippen molar-refractivity contribution in [3.8, 4) is 0 Å². The van der Waals surface area contributed by atoms with Gasteiger partial charge in [0, 0.05) is 32.8 Å². The molecule has 2 N–H and O–H groups in total. The first kappa shape index (κ1) is 26.4. The zero-order valence-corrected chi connectivity index (χ0v) is 20.3. The van der Waals surface area contributed by atoms with E-state index in [4.69, 9.17) is 4.74 Å². The topological polar surface area (TPSA) is 44.7 Å². The van der Waals surface area contributed by atoms with E-state index in [1.165, 1.54) is 36.4 Å². The van der Waals surface area contributed by atoms with Crippen LogP contribution in [0.4, 0.5) is 13.2 Å². The van der Waals surface area contributed by atoms with Crippen molar-refractivity contribution >= 4 is 0 Å². The van der Waals surface area contributed by atoms with Crippen LogP contribution in [-0.2, 0) is 10.5 Å². The van der Waals surface area contributed by atoms with E-state index in [9.17, 15) is 18.3 Å². The lowest BCUT2D eigenvalue weighted by molar-refractivity contribution is -0.128. The fourth-order valence-electron chi connectivity index (χ4n) is 4.75. The molecule has 3 aromatic rings. The summed E-state index contributed by atoms with van der Waals surface area (Å²) in [6, 6.07) is 18.4. The third-order valence-corrected chi connectivity index (χ3v) is 6.75. The molecule has 0 aromatic heterocycles. The zero-order valence-electron chi connectivity index (χ0n) is 20.3. The summed E-state index contributed by atoms with van der Waals surface area (Å²) in [5, 5.41) is 15.0. The van der Waals surface area contributed by atoms with Gasteiger partial charge in [-0.15, -0.1) is 0 Å². The molecule has 1 heterocycles. The molecule has 7 heteroatoms. The summed E-state index contributed by atoms with van der Waals surface area (Å²) in [4.78, 5) is 2.06.